The van der Waals surface area contributed by atoms with E-state index in [4.69, 9.17) is 11.1 Å². The number of rotatable bonds is 7. The van der Waals surface area contributed by atoms with Crippen LogP contribution in [0.4, 0.5) is 0 Å². The first-order valence-electron chi connectivity index (χ1n) is 5.34. The van der Waals surface area contributed by atoms with Crippen LogP contribution < -0.4 is 15.2 Å². The highest BCUT2D eigenvalue weighted by molar-refractivity contribution is 7.87. The molecular formula is C9H22N4O2S. The molecule has 5 N–H and O–H groups in total. The van der Waals surface area contributed by atoms with E-state index in [-0.39, 0.29) is 11.9 Å². The first-order valence-corrected chi connectivity index (χ1v) is 6.83. The number of nitrogens with one attached hydrogen (secondary N) is 3. The van der Waals surface area contributed by atoms with Crippen LogP contribution in [0.25, 0.3) is 0 Å². The Bertz CT molecular complexity index is 333. The largest absolute Gasteiger partial charge is 0.386 e. The molecule has 0 aromatic carbocycles. The van der Waals surface area contributed by atoms with Crippen molar-refractivity contribution in [1.29, 1.82) is 5.41 Å². The Kier molecular flexibility index (Phi) is 5.37. The second-order valence-electron chi connectivity index (χ2n) is 4.08. The minimum atomic E-state index is -3.63. The third kappa shape index (κ3) is 4.07. The van der Waals surface area contributed by atoms with Crippen molar-refractivity contribution in [1.82, 2.24) is 9.44 Å². The van der Waals surface area contributed by atoms with Gasteiger partial charge in [-0.3, -0.25) is 5.41 Å². The van der Waals surface area contributed by atoms with E-state index in [1.807, 2.05) is 0 Å². The van der Waals surface area contributed by atoms with E-state index in [1.54, 1.807) is 27.7 Å². The zero-order valence-electron chi connectivity index (χ0n) is 10.3. The monoisotopic (exact) mass is 250 g/mol. The Morgan fingerprint density at radius 2 is 1.81 bits per heavy atom. The fourth-order valence-corrected chi connectivity index (χ4v) is 3.02. The van der Waals surface area contributed by atoms with Crippen LogP contribution in [-0.2, 0) is 10.2 Å². The number of hydrogen-bond acceptors (Lipinski definition) is 3. The van der Waals surface area contributed by atoms with Crippen molar-refractivity contribution in [2.24, 2.45) is 5.73 Å². The molecule has 0 aliphatic heterocycles. The van der Waals surface area contributed by atoms with Crippen LogP contribution in [0, 0.1) is 5.41 Å². The lowest BCUT2D eigenvalue weighted by molar-refractivity contribution is 0.451. The second-order valence-corrected chi connectivity index (χ2v) is 5.53. The van der Waals surface area contributed by atoms with Crippen molar-refractivity contribution in [3.05, 3.63) is 0 Å². The van der Waals surface area contributed by atoms with Crippen molar-refractivity contribution in [3.8, 4) is 0 Å². The van der Waals surface area contributed by atoms with Crippen LogP contribution in [0.1, 0.15) is 40.5 Å². The van der Waals surface area contributed by atoms with Crippen molar-refractivity contribution >= 4 is 16.0 Å². The summed E-state index contributed by atoms with van der Waals surface area (Å²) < 4.78 is 28.3. The topological polar surface area (TPSA) is 108 Å². The molecule has 6 nitrogen and oxygen atoms in total. The Morgan fingerprint density at radius 1 is 1.38 bits per heavy atom. The average Bonchev–Trinajstić information content (AvgIpc) is 2.11. The second kappa shape index (κ2) is 5.60. The van der Waals surface area contributed by atoms with Crippen LogP contribution in [0.2, 0.25) is 0 Å². The third-order valence-corrected chi connectivity index (χ3v) is 3.88. The zero-order valence-corrected chi connectivity index (χ0v) is 11.1. The van der Waals surface area contributed by atoms with E-state index in [9.17, 15) is 8.42 Å². The van der Waals surface area contributed by atoms with Crippen LogP contribution in [0.3, 0.4) is 0 Å². The van der Waals surface area contributed by atoms with Crippen molar-refractivity contribution in [3.63, 3.8) is 0 Å². The van der Waals surface area contributed by atoms with Gasteiger partial charge in [0.1, 0.15) is 5.84 Å². The van der Waals surface area contributed by atoms with Gasteiger partial charge in [0.25, 0.3) is 10.2 Å². The highest BCUT2D eigenvalue weighted by Gasteiger charge is 2.34. The minimum Gasteiger partial charge on any atom is -0.386 e. The standard InChI is InChI=1S/C9H22N4O2S/c1-5-9(6-2,8(10)11)13-16(14,15)12-7(3)4/h7,12-13H,5-6H2,1-4H3,(H3,10,11). The Morgan fingerprint density at radius 3 is 2.06 bits per heavy atom. The lowest BCUT2D eigenvalue weighted by Gasteiger charge is -2.31. The van der Waals surface area contributed by atoms with Crippen molar-refractivity contribution < 1.29 is 8.42 Å². The summed E-state index contributed by atoms with van der Waals surface area (Å²) in [6.07, 6.45) is 0.885. The van der Waals surface area contributed by atoms with Gasteiger partial charge in [0.15, 0.2) is 0 Å². The van der Waals surface area contributed by atoms with Gasteiger partial charge in [0, 0.05) is 6.04 Å². The zero-order chi connectivity index (χ0) is 13.0. The normalized spacial score (nSPS) is 13.1. The summed E-state index contributed by atoms with van der Waals surface area (Å²) in [5.74, 6) is -0.161. The molecule has 0 amide bonds. The van der Waals surface area contributed by atoms with Gasteiger partial charge in [-0.2, -0.15) is 17.9 Å². The highest BCUT2D eigenvalue weighted by Crippen LogP contribution is 2.15. The summed E-state index contributed by atoms with van der Waals surface area (Å²) in [5.41, 5.74) is 4.47. The molecule has 0 aliphatic rings. The maximum atomic E-state index is 11.7. The number of hydrogen-bond donors (Lipinski definition) is 4. The quantitative estimate of drug-likeness (QED) is 0.386. The fourth-order valence-electron chi connectivity index (χ4n) is 1.43. The molecule has 0 heterocycles. The smallest absolute Gasteiger partial charge is 0.278 e. The summed E-state index contributed by atoms with van der Waals surface area (Å²) >= 11 is 0. The molecule has 0 aromatic rings. The van der Waals surface area contributed by atoms with Gasteiger partial charge in [-0.1, -0.05) is 13.8 Å². The number of nitrogens with two attached hydrogens (primary N) is 1. The van der Waals surface area contributed by atoms with Gasteiger partial charge in [-0.25, -0.2) is 0 Å². The molecule has 0 atom stereocenters. The summed E-state index contributed by atoms with van der Waals surface area (Å²) in [6.45, 7) is 7.05. The molecule has 0 radical (unpaired) electrons. The fraction of sp³-hybridized carbons (Fsp3) is 0.889. The molecule has 0 rings (SSSR count). The van der Waals surface area contributed by atoms with E-state index in [0.717, 1.165) is 0 Å². The molecular weight excluding hydrogens is 228 g/mol. The SMILES string of the molecule is CCC(CC)(NS(=O)(=O)NC(C)C)C(=N)N. The van der Waals surface area contributed by atoms with Crippen molar-refractivity contribution in [2.75, 3.05) is 0 Å². The molecule has 0 unspecified atom stereocenters. The first-order chi connectivity index (χ1) is 7.19. The molecule has 0 saturated heterocycles. The van der Waals surface area contributed by atoms with Crippen LogP contribution in [0.15, 0.2) is 0 Å². The molecule has 0 saturated carbocycles. The van der Waals surface area contributed by atoms with Gasteiger partial charge in [-0.15, -0.1) is 0 Å². The van der Waals surface area contributed by atoms with Gasteiger partial charge >= 0.3 is 0 Å². The third-order valence-electron chi connectivity index (χ3n) is 2.44. The van der Waals surface area contributed by atoms with Gasteiger partial charge < -0.3 is 5.73 Å². The first kappa shape index (κ1) is 15.3. The van der Waals surface area contributed by atoms with Crippen LogP contribution >= 0.6 is 0 Å². The van der Waals surface area contributed by atoms with Crippen LogP contribution in [-0.4, -0.2) is 25.8 Å². The highest BCUT2D eigenvalue weighted by atomic mass is 32.2. The summed E-state index contributed by atoms with van der Waals surface area (Å²) in [7, 11) is -3.63. The van der Waals surface area contributed by atoms with Gasteiger partial charge in [-0.05, 0) is 26.7 Å². The van der Waals surface area contributed by atoms with E-state index >= 15 is 0 Å². The minimum absolute atomic E-state index is 0.161. The maximum Gasteiger partial charge on any atom is 0.278 e. The van der Waals surface area contributed by atoms with Crippen LogP contribution in [0.5, 0.6) is 0 Å². The Balaban J connectivity index is 4.97. The summed E-state index contributed by atoms with van der Waals surface area (Å²) in [6, 6.07) is -0.198. The molecule has 7 heteroatoms. The Hall–Kier alpha value is -0.660. The maximum absolute atomic E-state index is 11.7. The van der Waals surface area contributed by atoms with E-state index in [1.165, 1.54) is 0 Å². The molecule has 0 aliphatic carbocycles. The molecule has 0 aromatic heterocycles. The predicted octanol–water partition coefficient (Wildman–Crippen LogP) is 0.314. The molecule has 0 bridgehead atoms. The molecule has 0 fully saturated rings. The lowest BCUT2D eigenvalue weighted by Crippen LogP contribution is -2.59. The van der Waals surface area contributed by atoms with E-state index in [0.29, 0.717) is 12.8 Å². The van der Waals surface area contributed by atoms with Crippen molar-refractivity contribution in [2.45, 2.75) is 52.1 Å². The average molecular weight is 250 g/mol. The van der Waals surface area contributed by atoms with E-state index < -0.39 is 15.7 Å². The summed E-state index contributed by atoms with van der Waals surface area (Å²) in [4.78, 5) is 0. The molecule has 0 spiro atoms. The lowest BCUT2D eigenvalue weighted by atomic mass is 9.93. The predicted molar refractivity (Wildman–Crippen MR) is 65.6 cm³/mol. The van der Waals surface area contributed by atoms with Gasteiger partial charge in [0.05, 0.1) is 5.54 Å². The molecule has 16 heavy (non-hydrogen) atoms. The molecule has 96 valence electrons. The Labute approximate surface area is 97.7 Å². The summed E-state index contributed by atoms with van der Waals surface area (Å²) in [5, 5.41) is 7.49. The van der Waals surface area contributed by atoms with Gasteiger partial charge in [0.2, 0.25) is 0 Å². The number of amidine groups is 1. The van der Waals surface area contributed by atoms with E-state index in [2.05, 4.69) is 9.44 Å².